The lowest BCUT2D eigenvalue weighted by Gasteiger charge is -2.08. The number of unbranched alkanes of at least 4 members (excludes halogenated alkanes) is 7. The van der Waals surface area contributed by atoms with Crippen LogP contribution in [0.1, 0.15) is 72.1 Å². The molecule has 0 heterocycles. The Bertz CT molecular complexity index is 860. The standard InChI is InChI=1S/C24H30O10/c25-17-11-15(12-18(26)21(17)29)23(31)33-9-7-5-3-1-2-4-6-8-10-34-24(32)16-13-19(27)22(30)20(28)14-16/h11-14,25-30H,1-10H2. The minimum absolute atomic E-state index is 0.0437. The first kappa shape index (κ1) is 26.4. The molecule has 0 atom stereocenters. The van der Waals surface area contributed by atoms with E-state index in [-0.39, 0.29) is 24.3 Å². The van der Waals surface area contributed by atoms with Gasteiger partial charge in [-0.15, -0.1) is 0 Å². The fourth-order valence-electron chi connectivity index (χ4n) is 3.21. The van der Waals surface area contributed by atoms with Gasteiger partial charge in [0.2, 0.25) is 0 Å². The Morgan fingerprint density at radius 1 is 0.500 bits per heavy atom. The van der Waals surface area contributed by atoms with Gasteiger partial charge in [-0.2, -0.15) is 0 Å². The molecule has 6 N–H and O–H groups in total. The Labute approximate surface area is 196 Å². The van der Waals surface area contributed by atoms with Crippen molar-refractivity contribution in [2.75, 3.05) is 13.2 Å². The Morgan fingerprint density at radius 2 is 0.765 bits per heavy atom. The number of benzene rings is 2. The summed E-state index contributed by atoms with van der Waals surface area (Å²) in [6.07, 6.45) is 7.09. The van der Waals surface area contributed by atoms with E-state index in [4.69, 9.17) is 9.47 Å². The molecule has 0 fully saturated rings. The predicted octanol–water partition coefficient (Wildman–Crippen LogP) is 4.05. The van der Waals surface area contributed by atoms with Crippen molar-refractivity contribution < 1.29 is 49.7 Å². The van der Waals surface area contributed by atoms with Crippen molar-refractivity contribution in [1.29, 1.82) is 0 Å². The van der Waals surface area contributed by atoms with Crippen LogP contribution < -0.4 is 0 Å². The van der Waals surface area contributed by atoms with Gasteiger partial charge < -0.3 is 40.1 Å². The third-order valence-electron chi connectivity index (χ3n) is 5.12. The molecule has 2 rings (SSSR count). The summed E-state index contributed by atoms with van der Waals surface area (Å²) in [5.41, 5.74) is -0.0873. The molecule has 0 aliphatic rings. The summed E-state index contributed by atoms with van der Waals surface area (Å²) in [6, 6.07) is 4.12. The van der Waals surface area contributed by atoms with Crippen LogP contribution in [0.25, 0.3) is 0 Å². The number of phenolic OH excluding ortho intramolecular Hbond substituents is 6. The molecule has 0 bridgehead atoms. The maximum atomic E-state index is 11.9. The lowest BCUT2D eigenvalue weighted by molar-refractivity contribution is 0.0486. The zero-order valence-corrected chi connectivity index (χ0v) is 18.7. The number of carbonyl (C=O) groups is 2. The van der Waals surface area contributed by atoms with E-state index < -0.39 is 46.4 Å². The third-order valence-corrected chi connectivity index (χ3v) is 5.12. The van der Waals surface area contributed by atoms with Crippen LogP contribution in [0.15, 0.2) is 24.3 Å². The average molecular weight is 478 g/mol. The van der Waals surface area contributed by atoms with Crippen molar-refractivity contribution in [3.05, 3.63) is 35.4 Å². The molecule has 34 heavy (non-hydrogen) atoms. The SMILES string of the molecule is O=C(OCCCCCCCCCCOC(=O)c1cc(O)c(O)c(O)c1)c1cc(O)c(O)c(O)c1. The molecule has 0 aliphatic heterocycles. The van der Waals surface area contributed by atoms with Gasteiger partial charge in [-0.05, 0) is 37.1 Å². The van der Waals surface area contributed by atoms with Crippen molar-refractivity contribution in [3.8, 4) is 34.5 Å². The number of phenols is 6. The third kappa shape index (κ3) is 7.95. The zero-order valence-electron chi connectivity index (χ0n) is 18.7. The van der Waals surface area contributed by atoms with E-state index in [1.165, 1.54) is 0 Å². The van der Waals surface area contributed by atoms with E-state index in [0.717, 1.165) is 62.8 Å². The Balaban J connectivity index is 1.47. The summed E-state index contributed by atoms with van der Waals surface area (Å²) in [7, 11) is 0. The van der Waals surface area contributed by atoms with Gasteiger partial charge in [-0.1, -0.05) is 38.5 Å². The number of rotatable bonds is 13. The summed E-state index contributed by atoms with van der Waals surface area (Å²) in [5, 5.41) is 56.3. The molecule has 2 aromatic carbocycles. The molecule has 0 aromatic heterocycles. The smallest absolute Gasteiger partial charge is 0.338 e. The summed E-state index contributed by atoms with van der Waals surface area (Å²) in [6.45, 7) is 0.423. The maximum absolute atomic E-state index is 11.9. The molecule has 10 heteroatoms. The molecule has 186 valence electrons. The highest BCUT2D eigenvalue weighted by molar-refractivity contribution is 5.91. The van der Waals surface area contributed by atoms with Crippen molar-refractivity contribution in [1.82, 2.24) is 0 Å². The average Bonchev–Trinajstić information content (AvgIpc) is 2.80. The number of ether oxygens (including phenoxy) is 2. The van der Waals surface area contributed by atoms with Crippen LogP contribution in [0.3, 0.4) is 0 Å². The monoisotopic (exact) mass is 478 g/mol. The first-order valence-corrected chi connectivity index (χ1v) is 11.0. The Kier molecular flexibility index (Phi) is 10.1. The van der Waals surface area contributed by atoms with E-state index in [9.17, 15) is 40.2 Å². The number of esters is 2. The molecule has 0 saturated heterocycles. The van der Waals surface area contributed by atoms with Gasteiger partial charge in [-0.3, -0.25) is 0 Å². The Morgan fingerprint density at radius 3 is 1.06 bits per heavy atom. The molecular formula is C24H30O10. The number of aromatic hydroxyl groups is 6. The van der Waals surface area contributed by atoms with Crippen molar-refractivity contribution in [2.24, 2.45) is 0 Å². The summed E-state index contributed by atoms with van der Waals surface area (Å²) in [4.78, 5) is 23.8. The lowest BCUT2D eigenvalue weighted by Crippen LogP contribution is -2.06. The molecule has 0 saturated carbocycles. The second-order valence-corrected chi connectivity index (χ2v) is 7.83. The van der Waals surface area contributed by atoms with Crippen LogP contribution in [0.4, 0.5) is 0 Å². The van der Waals surface area contributed by atoms with E-state index in [1.807, 2.05) is 0 Å². The Hall–Kier alpha value is -3.82. The minimum atomic E-state index is -0.690. The summed E-state index contributed by atoms with van der Waals surface area (Å²) in [5.74, 6) is -5.13. The highest BCUT2D eigenvalue weighted by atomic mass is 16.5. The fourth-order valence-corrected chi connectivity index (χ4v) is 3.21. The van der Waals surface area contributed by atoms with E-state index in [0.29, 0.717) is 12.8 Å². The number of hydrogen-bond acceptors (Lipinski definition) is 10. The van der Waals surface area contributed by atoms with Gasteiger partial charge in [0.1, 0.15) is 0 Å². The molecule has 0 radical (unpaired) electrons. The maximum Gasteiger partial charge on any atom is 0.338 e. The van der Waals surface area contributed by atoms with Gasteiger partial charge in [0.05, 0.1) is 24.3 Å². The normalized spacial score (nSPS) is 10.7. The van der Waals surface area contributed by atoms with Crippen LogP contribution in [0, 0.1) is 0 Å². The van der Waals surface area contributed by atoms with Crippen molar-refractivity contribution >= 4 is 11.9 Å². The molecule has 10 nitrogen and oxygen atoms in total. The molecule has 0 aliphatic carbocycles. The van der Waals surface area contributed by atoms with Crippen LogP contribution in [0.5, 0.6) is 34.5 Å². The van der Waals surface area contributed by atoms with Crippen molar-refractivity contribution in [3.63, 3.8) is 0 Å². The van der Waals surface area contributed by atoms with Crippen LogP contribution in [-0.4, -0.2) is 55.8 Å². The number of carbonyl (C=O) groups excluding carboxylic acids is 2. The van der Waals surface area contributed by atoms with Crippen LogP contribution in [0.2, 0.25) is 0 Å². The van der Waals surface area contributed by atoms with E-state index in [1.54, 1.807) is 0 Å². The van der Waals surface area contributed by atoms with E-state index >= 15 is 0 Å². The molecule has 0 unspecified atom stereocenters. The van der Waals surface area contributed by atoms with Gasteiger partial charge in [0.15, 0.2) is 34.5 Å². The largest absolute Gasteiger partial charge is 0.504 e. The van der Waals surface area contributed by atoms with Crippen LogP contribution >= 0.6 is 0 Å². The second-order valence-electron chi connectivity index (χ2n) is 7.83. The van der Waals surface area contributed by atoms with Gasteiger partial charge in [0.25, 0.3) is 0 Å². The number of hydrogen-bond donors (Lipinski definition) is 6. The molecule has 0 amide bonds. The minimum Gasteiger partial charge on any atom is -0.504 e. The summed E-state index contributed by atoms with van der Waals surface area (Å²) >= 11 is 0. The first-order valence-electron chi connectivity index (χ1n) is 11.0. The highest BCUT2D eigenvalue weighted by Crippen LogP contribution is 2.36. The van der Waals surface area contributed by atoms with Crippen molar-refractivity contribution in [2.45, 2.75) is 51.4 Å². The quantitative estimate of drug-likeness (QED) is 0.140. The highest BCUT2D eigenvalue weighted by Gasteiger charge is 2.15. The first-order chi connectivity index (χ1) is 16.2. The van der Waals surface area contributed by atoms with Gasteiger partial charge in [0, 0.05) is 0 Å². The molecule has 2 aromatic rings. The van der Waals surface area contributed by atoms with Crippen LogP contribution in [-0.2, 0) is 9.47 Å². The van der Waals surface area contributed by atoms with E-state index in [2.05, 4.69) is 0 Å². The van der Waals surface area contributed by atoms with Gasteiger partial charge >= 0.3 is 11.9 Å². The molecular weight excluding hydrogens is 448 g/mol. The van der Waals surface area contributed by atoms with Gasteiger partial charge in [-0.25, -0.2) is 9.59 Å². The zero-order chi connectivity index (χ0) is 25.1. The molecule has 0 spiro atoms. The lowest BCUT2D eigenvalue weighted by atomic mass is 10.1. The predicted molar refractivity (Wildman–Crippen MR) is 120 cm³/mol. The topological polar surface area (TPSA) is 174 Å². The fraction of sp³-hybridized carbons (Fsp3) is 0.417. The summed E-state index contributed by atoms with van der Waals surface area (Å²) < 4.78 is 10.2. The second kappa shape index (κ2) is 13.0.